The lowest BCUT2D eigenvalue weighted by Gasteiger charge is -2.33. The quantitative estimate of drug-likeness (QED) is 0.512. The van der Waals surface area contributed by atoms with Gasteiger partial charge in [-0.25, -0.2) is 8.42 Å². The van der Waals surface area contributed by atoms with Gasteiger partial charge in [-0.3, -0.25) is 9.48 Å². The summed E-state index contributed by atoms with van der Waals surface area (Å²) in [6.07, 6.45) is 5.52. The number of benzene rings is 1. The lowest BCUT2D eigenvalue weighted by molar-refractivity contribution is -0.134. The van der Waals surface area contributed by atoms with Crippen molar-refractivity contribution >= 4 is 42.8 Å². The first kappa shape index (κ1) is 22.0. The Balaban J connectivity index is 1.59. The molecule has 1 saturated heterocycles. The van der Waals surface area contributed by atoms with Crippen molar-refractivity contribution in [2.75, 3.05) is 13.1 Å². The molecule has 2 N–H and O–H groups in total. The third-order valence-electron chi connectivity index (χ3n) is 5.83. The molecule has 0 spiro atoms. The third kappa shape index (κ3) is 4.86. The number of aromatic amines is 1. The van der Waals surface area contributed by atoms with Crippen LogP contribution in [0, 0.1) is 5.92 Å². The highest BCUT2D eigenvalue weighted by atomic mass is 79.9. The molecule has 1 aliphatic heterocycles. The molecule has 2 aromatic heterocycles. The van der Waals surface area contributed by atoms with Crippen LogP contribution in [0.5, 0.6) is 0 Å². The molecule has 1 atom stereocenters. The molecular weight excluding hydrogens is 482 g/mol. The van der Waals surface area contributed by atoms with Crippen molar-refractivity contribution in [3.8, 4) is 0 Å². The van der Waals surface area contributed by atoms with Gasteiger partial charge in [-0.2, -0.15) is 9.82 Å². The smallest absolute Gasteiger partial charge is 0.241 e. The van der Waals surface area contributed by atoms with Crippen molar-refractivity contribution in [3.63, 3.8) is 0 Å². The molecule has 3 aromatic rings. The summed E-state index contributed by atoms with van der Waals surface area (Å²) in [4.78, 5) is 18.3. The first-order chi connectivity index (χ1) is 14.8. The number of H-pyrrole nitrogens is 1. The highest BCUT2D eigenvalue weighted by Crippen LogP contribution is 2.23. The highest BCUT2D eigenvalue weighted by Gasteiger charge is 2.31. The topological polar surface area (TPSA) is 100 Å². The number of likely N-dealkylation sites (tertiary alicyclic amines) is 1. The predicted octanol–water partition coefficient (Wildman–Crippen LogP) is 3.12. The second kappa shape index (κ2) is 9.13. The van der Waals surface area contributed by atoms with Crippen LogP contribution in [0.4, 0.5) is 0 Å². The number of hydrogen-bond acceptors (Lipinski definition) is 4. The van der Waals surface area contributed by atoms with Gasteiger partial charge in [0.1, 0.15) is 10.6 Å². The van der Waals surface area contributed by atoms with Crippen LogP contribution in [0.15, 0.2) is 52.2 Å². The fourth-order valence-electron chi connectivity index (χ4n) is 3.96. The molecule has 0 radical (unpaired) electrons. The molecule has 1 fully saturated rings. The van der Waals surface area contributed by atoms with Crippen molar-refractivity contribution in [2.45, 2.75) is 43.7 Å². The van der Waals surface area contributed by atoms with E-state index < -0.39 is 16.1 Å². The predicted molar refractivity (Wildman–Crippen MR) is 122 cm³/mol. The zero-order chi connectivity index (χ0) is 22.0. The summed E-state index contributed by atoms with van der Waals surface area (Å²) in [5.41, 5.74) is 0.733. The fourth-order valence-corrected chi connectivity index (χ4v) is 5.79. The minimum atomic E-state index is -3.91. The zero-order valence-electron chi connectivity index (χ0n) is 17.3. The number of halogens is 1. The third-order valence-corrected chi connectivity index (χ3v) is 8.03. The fraction of sp³-hybridized carbons (Fsp3) is 0.429. The Bertz CT molecular complexity index is 1160. The number of aromatic nitrogens is 3. The number of fused-ring (bicyclic) bond motifs is 1. The van der Waals surface area contributed by atoms with Crippen LogP contribution in [0.2, 0.25) is 0 Å². The summed E-state index contributed by atoms with van der Waals surface area (Å²) < 4.78 is 31.8. The standard InChI is InChI=1S/C21H26BrN5O3S/c1-15-7-12-26(13-8-15)21(28)18(9-14-27-20(22)6-11-24-27)25-31(29,30)19-4-2-3-17-16(19)5-10-23-17/h2-6,10-11,15,18,23,25H,7-9,12-14H2,1H3. The summed E-state index contributed by atoms with van der Waals surface area (Å²) in [5, 5.41) is 4.82. The van der Waals surface area contributed by atoms with E-state index in [0.717, 1.165) is 23.0 Å². The van der Waals surface area contributed by atoms with Crippen molar-refractivity contribution in [3.05, 3.63) is 47.3 Å². The van der Waals surface area contributed by atoms with Gasteiger partial charge in [0.25, 0.3) is 0 Å². The lowest BCUT2D eigenvalue weighted by Crippen LogP contribution is -2.51. The average Bonchev–Trinajstić information content (AvgIpc) is 3.39. The van der Waals surface area contributed by atoms with Gasteiger partial charge in [0.2, 0.25) is 15.9 Å². The molecule has 10 heteroatoms. The molecule has 0 aliphatic carbocycles. The summed E-state index contributed by atoms with van der Waals surface area (Å²) in [5.74, 6) is 0.394. The summed E-state index contributed by atoms with van der Waals surface area (Å²) in [6.45, 7) is 3.88. The van der Waals surface area contributed by atoms with E-state index in [1.165, 1.54) is 0 Å². The molecule has 3 heterocycles. The number of aryl methyl sites for hydroxylation is 1. The van der Waals surface area contributed by atoms with E-state index in [0.29, 0.717) is 37.4 Å². The van der Waals surface area contributed by atoms with Gasteiger partial charge in [0.15, 0.2) is 0 Å². The second-order valence-electron chi connectivity index (χ2n) is 8.04. The maximum absolute atomic E-state index is 13.3. The number of amides is 1. The number of nitrogens with zero attached hydrogens (tertiary/aromatic N) is 3. The van der Waals surface area contributed by atoms with Gasteiger partial charge >= 0.3 is 0 Å². The molecule has 31 heavy (non-hydrogen) atoms. The zero-order valence-corrected chi connectivity index (χ0v) is 19.7. The van der Waals surface area contributed by atoms with Crippen molar-refractivity contribution in [2.24, 2.45) is 5.92 Å². The van der Waals surface area contributed by atoms with Crippen molar-refractivity contribution in [1.82, 2.24) is 24.4 Å². The Hall–Kier alpha value is -2.17. The highest BCUT2D eigenvalue weighted by molar-refractivity contribution is 9.10. The van der Waals surface area contributed by atoms with E-state index in [9.17, 15) is 13.2 Å². The lowest BCUT2D eigenvalue weighted by atomic mass is 9.98. The molecule has 1 aliphatic rings. The van der Waals surface area contributed by atoms with E-state index in [1.54, 1.807) is 46.2 Å². The first-order valence-corrected chi connectivity index (χ1v) is 12.7. The average molecular weight is 508 g/mol. The summed E-state index contributed by atoms with van der Waals surface area (Å²) in [7, 11) is -3.91. The number of rotatable bonds is 7. The van der Waals surface area contributed by atoms with Crippen LogP contribution in [-0.2, 0) is 21.4 Å². The van der Waals surface area contributed by atoms with E-state index in [1.807, 2.05) is 6.07 Å². The van der Waals surface area contributed by atoms with Crippen molar-refractivity contribution in [1.29, 1.82) is 0 Å². The molecule has 4 rings (SSSR count). The normalized spacial score (nSPS) is 16.6. The Morgan fingerprint density at radius 1 is 1.29 bits per heavy atom. The Morgan fingerprint density at radius 3 is 2.77 bits per heavy atom. The van der Waals surface area contributed by atoms with Gasteiger partial charge in [-0.05, 0) is 65.4 Å². The molecule has 1 aromatic carbocycles. The largest absolute Gasteiger partial charge is 0.361 e. The Labute approximate surface area is 190 Å². The van der Waals surface area contributed by atoms with Crippen LogP contribution in [0.3, 0.4) is 0 Å². The second-order valence-corrected chi connectivity index (χ2v) is 10.5. The molecule has 0 bridgehead atoms. The Morgan fingerprint density at radius 2 is 2.06 bits per heavy atom. The molecule has 0 saturated carbocycles. The van der Waals surface area contributed by atoms with Gasteiger partial charge in [-0.1, -0.05) is 13.0 Å². The van der Waals surface area contributed by atoms with Crippen LogP contribution in [-0.4, -0.2) is 53.1 Å². The molecule has 1 unspecified atom stereocenters. The van der Waals surface area contributed by atoms with E-state index in [2.05, 4.69) is 37.7 Å². The maximum Gasteiger partial charge on any atom is 0.241 e. The van der Waals surface area contributed by atoms with Crippen LogP contribution in [0.1, 0.15) is 26.2 Å². The van der Waals surface area contributed by atoms with Gasteiger partial charge in [-0.15, -0.1) is 0 Å². The SMILES string of the molecule is CC1CCN(C(=O)C(CCn2nccc2Br)NS(=O)(=O)c2cccc3[nH]ccc23)CC1. The molecule has 166 valence electrons. The van der Waals surface area contributed by atoms with E-state index in [4.69, 9.17) is 0 Å². The number of carbonyl (C=O) groups is 1. The van der Waals surface area contributed by atoms with Gasteiger partial charge in [0.05, 0.1) is 11.1 Å². The number of nitrogens with one attached hydrogen (secondary N) is 2. The van der Waals surface area contributed by atoms with Gasteiger partial charge in [0, 0.05) is 36.7 Å². The minimum Gasteiger partial charge on any atom is -0.361 e. The van der Waals surface area contributed by atoms with Crippen LogP contribution in [0.25, 0.3) is 10.9 Å². The number of carbonyl (C=O) groups excluding carboxylic acids is 1. The number of piperidine rings is 1. The van der Waals surface area contributed by atoms with E-state index in [-0.39, 0.29) is 10.8 Å². The van der Waals surface area contributed by atoms with E-state index >= 15 is 0 Å². The molecule has 1 amide bonds. The number of hydrogen-bond donors (Lipinski definition) is 2. The monoisotopic (exact) mass is 507 g/mol. The van der Waals surface area contributed by atoms with Crippen LogP contribution < -0.4 is 4.72 Å². The molecule has 8 nitrogen and oxygen atoms in total. The first-order valence-electron chi connectivity index (χ1n) is 10.4. The van der Waals surface area contributed by atoms with Crippen LogP contribution >= 0.6 is 15.9 Å². The van der Waals surface area contributed by atoms with Gasteiger partial charge < -0.3 is 9.88 Å². The maximum atomic E-state index is 13.3. The Kier molecular flexibility index (Phi) is 6.49. The molecular formula is C21H26BrN5O3S. The number of sulfonamides is 1. The summed E-state index contributed by atoms with van der Waals surface area (Å²) >= 11 is 3.42. The van der Waals surface area contributed by atoms with Crippen molar-refractivity contribution < 1.29 is 13.2 Å². The summed E-state index contributed by atoms with van der Waals surface area (Å²) in [6, 6.07) is 7.74. The minimum absolute atomic E-state index is 0.164.